The summed E-state index contributed by atoms with van der Waals surface area (Å²) in [5, 5.41) is 4.01. The summed E-state index contributed by atoms with van der Waals surface area (Å²) in [4.78, 5) is 11.6. The molecule has 0 saturated carbocycles. The van der Waals surface area contributed by atoms with Crippen LogP contribution >= 0.6 is 0 Å². The van der Waals surface area contributed by atoms with E-state index in [9.17, 15) is 13.2 Å². The molecule has 0 bridgehead atoms. The minimum atomic E-state index is -4.78. The van der Waals surface area contributed by atoms with Crippen LogP contribution < -0.4 is 10.1 Å². The molecule has 2 aromatic heterocycles. The monoisotopic (exact) mass is 398 g/mol. The Kier molecular flexibility index (Phi) is 4.84. The molecule has 0 aliphatic heterocycles. The summed E-state index contributed by atoms with van der Waals surface area (Å²) < 4.78 is 42.4. The lowest BCUT2D eigenvalue weighted by atomic mass is 10.1. The van der Waals surface area contributed by atoms with Gasteiger partial charge in [-0.3, -0.25) is 0 Å². The molecule has 4 aromatic rings. The summed E-state index contributed by atoms with van der Waals surface area (Å²) >= 11 is 0. The number of nitrogens with zero attached hydrogens (tertiary/aromatic N) is 2. The van der Waals surface area contributed by atoms with E-state index in [4.69, 9.17) is 0 Å². The fourth-order valence-corrected chi connectivity index (χ4v) is 3.13. The van der Waals surface area contributed by atoms with E-state index >= 15 is 0 Å². The summed E-state index contributed by atoms with van der Waals surface area (Å²) in [7, 11) is 0. The molecule has 1 atom stereocenters. The third kappa shape index (κ3) is 4.16. The Bertz CT molecular complexity index is 1130. The summed E-state index contributed by atoms with van der Waals surface area (Å²) in [6, 6.07) is 17.5. The average Bonchev–Trinajstić information content (AvgIpc) is 3.13. The topological polar surface area (TPSA) is 62.8 Å². The number of H-pyrrole nitrogens is 1. The predicted molar refractivity (Wildman–Crippen MR) is 104 cm³/mol. The van der Waals surface area contributed by atoms with Gasteiger partial charge in [0.05, 0.1) is 11.1 Å². The van der Waals surface area contributed by atoms with Gasteiger partial charge in [0.2, 0.25) is 0 Å². The molecule has 0 spiro atoms. The molecule has 0 saturated heterocycles. The average molecular weight is 398 g/mol. The summed E-state index contributed by atoms with van der Waals surface area (Å²) in [5.41, 5.74) is 2.33. The van der Waals surface area contributed by atoms with Gasteiger partial charge in [0.1, 0.15) is 23.5 Å². The van der Waals surface area contributed by atoms with Crippen molar-refractivity contribution in [1.29, 1.82) is 0 Å². The number of ether oxygens (including phenoxy) is 1. The second kappa shape index (κ2) is 7.46. The molecule has 2 heterocycles. The largest absolute Gasteiger partial charge is 0.573 e. The number of halogens is 3. The Hall–Kier alpha value is -3.55. The number of nitrogens with one attached hydrogen (secondary N) is 2. The third-order valence-corrected chi connectivity index (χ3v) is 4.48. The van der Waals surface area contributed by atoms with Crippen molar-refractivity contribution in [2.45, 2.75) is 19.3 Å². The van der Waals surface area contributed by atoms with Crippen molar-refractivity contribution in [3.8, 4) is 17.0 Å². The summed E-state index contributed by atoms with van der Waals surface area (Å²) in [5.74, 6) is 0.301. The molecule has 0 unspecified atom stereocenters. The molecule has 148 valence electrons. The first-order valence-electron chi connectivity index (χ1n) is 8.91. The van der Waals surface area contributed by atoms with Crippen LogP contribution in [0.15, 0.2) is 67.0 Å². The van der Waals surface area contributed by atoms with Crippen LogP contribution in [0.25, 0.3) is 22.3 Å². The maximum absolute atomic E-state index is 12.7. The fraction of sp³-hybridized carbons (Fsp3) is 0.143. The molecule has 0 amide bonds. The van der Waals surface area contributed by atoms with Gasteiger partial charge >= 0.3 is 6.36 Å². The van der Waals surface area contributed by atoms with Crippen LogP contribution in [-0.4, -0.2) is 21.3 Å². The third-order valence-electron chi connectivity index (χ3n) is 4.48. The fourth-order valence-electron chi connectivity index (χ4n) is 3.13. The van der Waals surface area contributed by atoms with Gasteiger partial charge in [-0.05, 0) is 30.7 Å². The van der Waals surface area contributed by atoms with E-state index < -0.39 is 6.36 Å². The van der Waals surface area contributed by atoms with Crippen molar-refractivity contribution in [2.24, 2.45) is 0 Å². The Labute approximate surface area is 164 Å². The minimum Gasteiger partial charge on any atom is -0.405 e. The number of hydrogen-bond donors (Lipinski definition) is 2. The van der Waals surface area contributed by atoms with Crippen LogP contribution in [0.2, 0.25) is 0 Å². The number of aromatic amines is 1. The van der Waals surface area contributed by atoms with Crippen LogP contribution in [-0.2, 0) is 0 Å². The zero-order chi connectivity index (χ0) is 20.4. The zero-order valence-corrected chi connectivity index (χ0v) is 15.4. The molecule has 8 heteroatoms. The van der Waals surface area contributed by atoms with Crippen LogP contribution in [0.4, 0.5) is 19.0 Å². The number of anilines is 1. The molecular formula is C21H17F3N4O. The molecule has 4 rings (SSSR count). The van der Waals surface area contributed by atoms with E-state index in [1.54, 1.807) is 18.2 Å². The van der Waals surface area contributed by atoms with E-state index in [-0.39, 0.29) is 17.4 Å². The number of hydrogen-bond acceptors (Lipinski definition) is 4. The quantitative estimate of drug-likeness (QED) is 0.453. The second-order valence-corrected chi connectivity index (χ2v) is 6.49. The van der Waals surface area contributed by atoms with Gasteiger partial charge in [0.15, 0.2) is 0 Å². The van der Waals surface area contributed by atoms with Gasteiger partial charge in [-0.2, -0.15) is 0 Å². The maximum Gasteiger partial charge on any atom is 0.573 e. The van der Waals surface area contributed by atoms with E-state index in [1.807, 2.05) is 37.3 Å². The number of para-hydroxylation sites is 1. The Morgan fingerprint density at radius 2 is 1.72 bits per heavy atom. The lowest BCUT2D eigenvalue weighted by molar-refractivity contribution is -0.274. The standard InChI is InChI=1S/C21H17F3N4O/c1-13(14-7-3-2-4-8-14)27-19-16-11-17(28-20(16)26-12-25-19)15-9-5-6-10-18(15)29-21(22,23)24/h2-13H,1H3,(H2,25,26,27,28)/t13-/m1/s1. The second-order valence-electron chi connectivity index (χ2n) is 6.49. The van der Waals surface area contributed by atoms with E-state index in [0.717, 1.165) is 5.56 Å². The first-order chi connectivity index (χ1) is 13.9. The number of aromatic nitrogens is 3. The van der Waals surface area contributed by atoms with Crippen molar-refractivity contribution in [1.82, 2.24) is 15.0 Å². The molecule has 2 aromatic carbocycles. The highest BCUT2D eigenvalue weighted by Gasteiger charge is 2.32. The highest BCUT2D eigenvalue weighted by molar-refractivity contribution is 5.92. The van der Waals surface area contributed by atoms with Crippen LogP contribution in [0, 0.1) is 0 Å². The molecule has 29 heavy (non-hydrogen) atoms. The Morgan fingerprint density at radius 3 is 2.48 bits per heavy atom. The van der Waals surface area contributed by atoms with Crippen molar-refractivity contribution >= 4 is 16.9 Å². The molecule has 0 radical (unpaired) electrons. The van der Waals surface area contributed by atoms with E-state index in [2.05, 4.69) is 25.0 Å². The first kappa shape index (κ1) is 18.8. The molecule has 0 aliphatic rings. The van der Waals surface area contributed by atoms with Crippen molar-refractivity contribution in [3.05, 3.63) is 72.6 Å². The van der Waals surface area contributed by atoms with Gasteiger partial charge in [-0.15, -0.1) is 13.2 Å². The first-order valence-corrected chi connectivity index (χ1v) is 8.91. The Balaban J connectivity index is 1.71. The van der Waals surface area contributed by atoms with E-state index in [0.29, 0.717) is 22.5 Å². The number of fused-ring (bicyclic) bond motifs is 1. The van der Waals surface area contributed by atoms with Gasteiger partial charge in [-0.1, -0.05) is 42.5 Å². The molecule has 0 aliphatic carbocycles. The lowest BCUT2D eigenvalue weighted by Crippen LogP contribution is -2.17. The van der Waals surface area contributed by atoms with Crippen LogP contribution in [0.1, 0.15) is 18.5 Å². The van der Waals surface area contributed by atoms with Gasteiger partial charge in [0.25, 0.3) is 0 Å². The number of benzene rings is 2. The zero-order valence-electron chi connectivity index (χ0n) is 15.4. The van der Waals surface area contributed by atoms with Crippen LogP contribution in [0.3, 0.4) is 0 Å². The normalized spacial score (nSPS) is 12.7. The summed E-state index contributed by atoms with van der Waals surface area (Å²) in [6.07, 6.45) is -3.37. The SMILES string of the molecule is C[C@@H](Nc1ncnc2[nH]c(-c3ccccc3OC(F)(F)F)cc12)c1ccccc1. The highest BCUT2D eigenvalue weighted by atomic mass is 19.4. The molecular weight excluding hydrogens is 381 g/mol. The predicted octanol–water partition coefficient (Wildman–Crippen LogP) is 5.70. The molecule has 5 nitrogen and oxygen atoms in total. The number of alkyl halides is 3. The smallest absolute Gasteiger partial charge is 0.405 e. The maximum atomic E-state index is 12.7. The van der Waals surface area contributed by atoms with E-state index in [1.165, 1.54) is 18.5 Å². The Morgan fingerprint density at radius 1 is 1.00 bits per heavy atom. The minimum absolute atomic E-state index is 0.0199. The molecule has 2 N–H and O–H groups in total. The van der Waals surface area contributed by atoms with Gasteiger partial charge in [-0.25, -0.2) is 9.97 Å². The van der Waals surface area contributed by atoms with Crippen molar-refractivity contribution < 1.29 is 17.9 Å². The van der Waals surface area contributed by atoms with Crippen molar-refractivity contribution in [2.75, 3.05) is 5.32 Å². The highest BCUT2D eigenvalue weighted by Crippen LogP contribution is 2.35. The van der Waals surface area contributed by atoms with Crippen molar-refractivity contribution in [3.63, 3.8) is 0 Å². The van der Waals surface area contributed by atoms with Gasteiger partial charge < -0.3 is 15.0 Å². The lowest BCUT2D eigenvalue weighted by Gasteiger charge is -2.15. The van der Waals surface area contributed by atoms with Crippen LogP contribution in [0.5, 0.6) is 5.75 Å². The summed E-state index contributed by atoms with van der Waals surface area (Å²) in [6.45, 7) is 2.00. The number of rotatable bonds is 5. The van der Waals surface area contributed by atoms with Gasteiger partial charge in [0, 0.05) is 11.6 Å². The molecule has 0 fully saturated rings.